The first-order chi connectivity index (χ1) is 12.7. The molecule has 0 spiro atoms. The molecule has 2 aliphatic rings. The standard InChI is InChI=1S/C21H25FN2OS/c22-18-8-4-7-17(14-18)21(9-2-1-3-10-21)20(25)24-12-5-6-16(15-24)19-23-11-13-26-19/h4,7-8,11,13-14,16H,1-3,5-6,9-10,12,15H2. The Balaban J connectivity index is 1.62. The van der Waals surface area contributed by atoms with Crippen LogP contribution in [0.4, 0.5) is 4.39 Å². The van der Waals surface area contributed by atoms with Crippen LogP contribution in [0.15, 0.2) is 35.8 Å². The second-order valence-corrected chi connectivity index (χ2v) is 8.54. The summed E-state index contributed by atoms with van der Waals surface area (Å²) in [7, 11) is 0. The molecule has 138 valence electrons. The van der Waals surface area contributed by atoms with E-state index in [9.17, 15) is 9.18 Å². The van der Waals surface area contributed by atoms with Crippen molar-refractivity contribution in [2.75, 3.05) is 13.1 Å². The van der Waals surface area contributed by atoms with Gasteiger partial charge in [-0.05, 0) is 43.4 Å². The Hall–Kier alpha value is -1.75. The van der Waals surface area contributed by atoms with Crippen LogP contribution in [0.5, 0.6) is 0 Å². The van der Waals surface area contributed by atoms with Gasteiger partial charge in [-0.15, -0.1) is 11.3 Å². The summed E-state index contributed by atoms with van der Waals surface area (Å²) in [6.45, 7) is 1.54. The van der Waals surface area contributed by atoms with Gasteiger partial charge in [0.25, 0.3) is 0 Å². The number of thiazole rings is 1. The van der Waals surface area contributed by atoms with Crippen molar-refractivity contribution in [2.24, 2.45) is 0 Å². The molecule has 0 radical (unpaired) electrons. The average molecular weight is 373 g/mol. The van der Waals surface area contributed by atoms with Gasteiger partial charge in [0.2, 0.25) is 5.91 Å². The highest BCUT2D eigenvalue weighted by atomic mass is 32.1. The third-order valence-electron chi connectivity index (χ3n) is 6.00. The van der Waals surface area contributed by atoms with Gasteiger partial charge in [0.05, 0.1) is 10.4 Å². The number of halogens is 1. The van der Waals surface area contributed by atoms with Crippen LogP contribution in [0.25, 0.3) is 0 Å². The topological polar surface area (TPSA) is 33.2 Å². The molecule has 0 N–H and O–H groups in total. The molecule has 5 heteroatoms. The highest BCUT2D eigenvalue weighted by Crippen LogP contribution is 2.42. The number of hydrogen-bond donors (Lipinski definition) is 0. The minimum Gasteiger partial charge on any atom is -0.341 e. The molecule has 1 aliphatic carbocycles. The van der Waals surface area contributed by atoms with Crippen LogP contribution in [-0.2, 0) is 10.2 Å². The summed E-state index contributed by atoms with van der Waals surface area (Å²) in [5.41, 5.74) is 0.309. The van der Waals surface area contributed by atoms with E-state index in [0.717, 1.165) is 68.6 Å². The number of nitrogens with zero attached hydrogens (tertiary/aromatic N) is 2. The first-order valence-corrected chi connectivity index (χ1v) is 10.5. The number of rotatable bonds is 3. The lowest BCUT2D eigenvalue weighted by Crippen LogP contribution is -2.51. The van der Waals surface area contributed by atoms with Gasteiger partial charge in [-0.3, -0.25) is 4.79 Å². The van der Waals surface area contributed by atoms with E-state index in [1.165, 1.54) is 6.07 Å². The van der Waals surface area contributed by atoms with Gasteiger partial charge >= 0.3 is 0 Å². The molecule has 1 aromatic heterocycles. The lowest BCUT2D eigenvalue weighted by molar-refractivity contribution is -0.140. The number of carbonyl (C=O) groups excluding carboxylic acids is 1. The van der Waals surface area contributed by atoms with Crippen LogP contribution >= 0.6 is 11.3 Å². The first-order valence-electron chi connectivity index (χ1n) is 9.64. The van der Waals surface area contributed by atoms with E-state index < -0.39 is 5.41 Å². The van der Waals surface area contributed by atoms with E-state index in [-0.39, 0.29) is 11.7 Å². The SMILES string of the molecule is O=C(N1CCCC(c2nccs2)C1)C1(c2cccc(F)c2)CCCCC1. The number of likely N-dealkylation sites (tertiary alicyclic amines) is 1. The van der Waals surface area contributed by atoms with Crippen molar-refractivity contribution in [1.29, 1.82) is 0 Å². The molecule has 1 atom stereocenters. The number of amides is 1. The second-order valence-electron chi connectivity index (χ2n) is 7.61. The molecule has 26 heavy (non-hydrogen) atoms. The summed E-state index contributed by atoms with van der Waals surface area (Å²) < 4.78 is 13.9. The van der Waals surface area contributed by atoms with Crippen LogP contribution < -0.4 is 0 Å². The summed E-state index contributed by atoms with van der Waals surface area (Å²) >= 11 is 1.68. The lowest BCUT2D eigenvalue weighted by Gasteiger charge is -2.42. The van der Waals surface area contributed by atoms with Crippen LogP contribution in [0.2, 0.25) is 0 Å². The largest absolute Gasteiger partial charge is 0.341 e. The number of benzene rings is 1. The normalized spacial score (nSPS) is 23.0. The van der Waals surface area contributed by atoms with E-state index >= 15 is 0 Å². The predicted molar refractivity (Wildman–Crippen MR) is 102 cm³/mol. The van der Waals surface area contributed by atoms with Crippen LogP contribution in [0.1, 0.15) is 61.4 Å². The van der Waals surface area contributed by atoms with Crippen molar-refractivity contribution in [2.45, 2.75) is 56.3 Å². The maximum Gasteiger partial charge on any atom is 0.233 e. The Morgan fingerprint density at radius 2 is 2.08 bits per heavy atom. The molecule has 4 rings (SSSR count). The fourth-order valence-electron chi connectivity index (χ4n) is 4.67. The van der Waals surface area contributed by atoms with Gasteiger partial charge in [0, 0.05) is 30.6 Å². The fourth-order valence-corrected chi connectivity index (χ4v) is 5.44. The van der Waals surface area contributed by atoms with E-state index in [0.29, 0.717) is 5.92 Å². The minimum atomic E-state index is -0.550. The Morgan fingerprint density at radius 3 is 2.81 bits per heavy atom. The van der Waals surface area contributed by atoms with E-state index in [1.807, 2.05) is 22.5 Å². The number of piperidine rings is 1. The average Bonchev–Trinajstić information content (AvgIpc) is 3.23. The molecule has 1 amide bonds. The Bertz CT molecular complexity index is 755. The molecule has 1 aliphatic heterocycles. The third kappa shape index (κ3) is 3.29. The Kier molecular flexibility index (Phi) is 5.07. The summed E-state index contributed by atoms with van der Waals surface area (Å²) in [6.07, 6.45) is 8.82. The van der Waals surface area contributed by atoms with Gasteiger partial charge in [0.15, 0.2) is 0 Å². The number of carbonyl (C=O) groups is 1. The zero-order chi connectivity index (χ0) is 18.0. The fraction of sp³-hybridized carbons (Fsp3) is 0.524. The molecular weight excluding hydrogens is 347 g/mol. The van der Waals surface area contributed by atoms with Crippen molar-refractivity contribution < 1.29 is 9.18 Å². The van der Waals surface area contributed by atoms with Gasteiger partial charge in [-0.2, -0.15) is 0 Å². The molecule has 2 aromatic rings. The quantitative estimate of drug-likeness (QED) is 0.768. The smallest absolute Gasteiger partial charge is 0.233 e. The lowest BCUT2D eigenvalue weighted by atomic mass is 9.68. The van der Waals surface area contributed by atoms with Gasteiger partial charge in [-0.1, -0.05) is 31.4 Å². The molecule has 2 fully saturated rings. The highest BCUT2D eigenvalue weighted by molar-refractivity contribution is 7.09. The zero-order valence-electron chi connectivity index (χ0n) is 15.0. The third-order valence-corrected chi connectivity index (χ3v) is 6.94. The monoisotopic (exact) mass is 372 g/mol. The molecule has 1 unspecified atom stereocenters. The molecule has 1 saturated carbocycles. The molecule has 1 saturated heterocycles. The molecule has 0 bridgehead atoms. The van der Waals surface area contributed by atoms with Crippen molar-refractivity contribution in [3.05, 3.63) is 52.2 Å². The summed E-state index contributed by atoms with van der Waals surface area (Å²) in [6, 6.07) is 6.72. The Labute approximate surface area is 158 Å². The predicted octanol–water partition coefficient (Wildman–Crippen LogP) is 4.89. The van der Waals surface area contributed by atoms with Gasteiger partial charge in [-0.25, -0.2) is 9.37 Å². The van der Waals surface area contributed by atoms with Crippen molar-refractivity contribution >= 4 is 17.2 Å². The highest BCUT2D eigenvalue weighted by Gasteiger charge is 2.44. The molecule has 1 aromatic carbocycles. The van der Waals surface area contributed by atoms with Gasteiger partial charge < -0.3 is 4.90 Å². The zero-order valence-corrected chi connectivity index (χ0v) is 15.8. The number of hydrogen-bond acceptors (Lipinski definition) is 3. The van der Waals surface area contributed by atoms with Crippen LogP contribution in [0.3, 0.4) is 0 Å². The number of aromatic nitrogens is 1. The van der Waals surface area contributed by atoms with E-state index in [2.05, 4.69) is 4.98 Å². The van der Waals surface area contributed by atoms with Gasteiger partial charge in [0.1, 0.15) is 5.82 Å². The van der Waals surface area contributed by atoms with Crippen LogP contribution in [0, 0.1) is 5.82 Å². The molecule has 2 heterocycles. The maximum absolute atomic E-state index is 13.9. The van der Waals surface area contributed by atoms with Crippen molar-refractivity contribution in [3.8, 4) is 0 Å². The minimum absolute atomic E-state index is 0.198. The summed E-state index contributed by atoms with van der Waals surface area (Å²) in [5, 5.41) is 3.14. The summed E-state index contributed by atoms with van der Waals surface area (Å²) in [4.78, 5) is 20.2. The maximum atomic E-state index is 13.9. The molecular formula is C21H25FN2OS. The Morgan fingerprint density at radius 1 is 1.23 bits per heavy atom. The van der Waals surface area contributed by atoms with E-state index in [4.69, 9.17) is 0 Å². The van der Waals surface area contributed by atoms with Crippen molar-refractivity contribution in [1.82, 2.24) is 9.88 Å². The molecule has 3 nitrogen and oxygen atoms in total. The second kappa shape index (κ2) is 7.47. The van der Waals surface area contributed by atoms with Crippen molar-refractivity contribution in [3.63, 3.8) is 0 Å². The first kappa shape index (κ1) is 17.7. The van der Waals surface area contributed by atoms with E-state index in [1.54, 1.807) is 23.5 Å². The van der Waals surface area contributed by atoms with Crippen LogP contribution in [-0.4, -0.2) is 28.9 Å². The summed E-state index contributed by atoms with van der Waals surface area (Å²) in [5.74, 6) is 0.282.